The fraction of sp³-hybridized carbons (Fsp3) is 0.571. The van der Waals surface area contributed by atoms with Crippen LogP contribution in [0.3, 0.4) is 0 Å². The first-order chi connectivity index (χ1) is 10.2. The lowest BCUT2D eigenvalue weighted by molar-refractivity contribution is 0.421. The lowest BCUT2D eigenvalue weighted by Gasteiger charge is -2.22. The molecule has 1 aliphatic heterocycles. The molecule has 5 nitrogen and oxygen atoms in total. The summed E-state index contributed by atoms with van der Waals surface area (Å²) in [5.41, 5.74) is 0.117. The monoisotopic (exact) mass is 349 g/mol. The minimum atomic E-state index is -3.60. The van der Waals surface area contributed by atoms with Crippen LogP contribution in [0.15, 0.2) is 24.3 Å². The molecule has 0 aromatic heterocycles. The summed E-state index contributed by atoms with van der Waals surface area (Å²) in [4.78, 5) is 0. The molecule has 0 radical (unpaired) electrons. The zero-order valence-electron chi connectivity index (χ0n) is 12.6. The molecule has 1 unspecified atom stereocenters. The standard InChI is InChI=1S/C14H20FNO4S2/c1-11(2)22(19,20)16-8-7-14(21(17,18)10-9-16)12-5-3-4-6-13(12)15/h3-6,11,14H,7-10H2,1-2H3. The summed E-state index contributed by atoms with van der Waals surface area (Å²) in [6.45, 7) is 3.12. The molecule has 22 heavy (non-hydrogen) atoms. The summed E-state index contributed by atoms with van der Waals surface area (Å²) in [6.07, 6.45) is 0.0647. The molecule has 0 bridgehead atoms. The highest BCUT2D eigenvalue weighted by molar-refractivity contribution is 7.92. The second-order valence-corrected chi connectivity index (χ2v) is 10.5. The molecule has 1 aliphatic rings. The van der Waals surface area contributed by atoms with Crippen molar-refractivity contribution in [1.82, 2.24) is 4.31 Å². The molecule has 1 saturated heterocycles. The van der Waals surface area contributed by atoms with Crippen LogP contribution in [0.4, 0.5) is 4.39 Å². The topological polar surface area (TPSA) is 71.5 Å². The van der Waals surface area contributed by atoms with Gasteiger partial charge >= 0.3 is 0 Å². The lowest BCUT2D eigenvalue weighted by Crippen LogP contribution is -2.38. The quantitative estimate of drug-likeness (QED) is 0.833. The van der Waals surface area contributed by atoms with E-state index < -0.39 is 36.2 Å². The Morgan fingerprint density at radius 2 is 1.86 bits per heavy atom. The van der Waals surface area contributed by atoms with Gasteiger partial charge in [0.15, 0.2) is 9.84 Å². The first-order valence-electron chi connectivity index (χ1n) is 7.11. The van der Waals surface area contributed by atoms with Crippen molar-refractivity contribution in [2.75, 3.05) is 18.8 Å². The molecule has 2 rings (SSSR count). The molecule has 1 fully saturated rings. The van der Waals surface area contributed by atoms with Gasteiger partial charge in [0.25, 0.3) is 0 Å². The van der Waals surface area contributed by atoms with Crippen LogP contribution in [-0.4, -0.2) is 45.2 Å². The van der Waals surface area contributed by atoms with Gasteiger partial charge in [-0.3, -0.25) is 0 Å². The van der Waals surface area contributed by atoms with Gasteiger partial charge in [-0.25, -0.2) is 25.5 Å². The van der Waals surface area contributed by atoms with Gasteiger partial charge in [0.2, 0.25) is 10.0 Å². The number of hydrogen-bond donors (Lipinski definition) is 0. The van der Waals surface area contributed by atoms with E-state index in [1.54, 1.807) is 19.9 Å². The lowest BCUT2D eigenvalue weighted by atomic mass is 10.1. The maximum absolute atomic E-state index is 13.9. The van der Waals surface area contributed by atoms with Crippen molar-refractivity contribution >= 4 is 19.9 Å². The van der Waals surface area contributed by atoms with Gasteiger partial charge in [0, 0.05) is 18.7 Å². The van der Waals surface area contributed by atoms with Crippen molar-refractivity contribution in [3.8, 4) is 0 Å². The van der Waals surface area contributed by atoms with Gasteiger partial charge in [-0.15, -0.1) is 0 Å². The van der Waals surface area contributed by atoms with Gasteiger partial charge in [-0.2, -0.15) is 0 Å². The average Bonchev–Trinajstić information content (AvgIpc) is 2.58. The maximum Gasteiger partial charge on any atom is 0.216 e. The van der Waals surface area contributed by atoms with E-state index >= 15 is 0 Å². The summed E-state index contributed by atoms with van der Waals surface area (Å²) >= 11 is 0. The van der Waals surface area contributed by atoms with Crippen molar-refractivity contribution in [2.24, 2.45) is 0 Å². The zero-order chi connectivity index (χ0) is 16.5. The van der Waals surface area contributed by atoms with Crippen LogP contribution in [0.5, 0.6) is 0 Å². The Bertz CT molecular complexity index is 744. The molecule has 0 N–H and O–H groups in total. The summed E-state index contributed by atoms with van der Waals surface area (Å²) < 4.78 is 64.4. The van der Waals surface area contributed by atoms with E-state index in [9.17, 15) is 21.2 Å². The second-order valence-electron chi connectivity index (χ2n) is 5.66. The van der Waals surface area contributed by atoms with Crippen LogP contribution in [0.25, 0.3) is 0 Å². The molecule has 124 valence electrons. The molecule has 0 saturated carbocycles. The van der Waals surface area contributed by atoms with Crippen molar-refractivity contribution in [1.29, 1.82) is 0 Å². The Morgan fingerprint density at radius 3 is 2.45 bits per heavy atom. The molecule has 0 amide bonds. The molecular formula is C14H20FNO4S2. The highest BCUT2D eigenvalue weighted by Crippen LogP contribution is 2.32. The van der Waals surface area contributed by atoms with E-state index in [0.29, 0.717) is 0 Å². The Labute approximate surface area is 131 Å². The molecular weight excluding hydrogens is 329 g/mol. The number of sulfone groups is 1. The molecule has 1 aromatic carbocycles. The molecule has 0 spiro atoms. The van der Waals surface area contributed by atoms with Crippen LogP contribution in [0, 0.1) is 5.82 Å². The van der Waals surface area contributed by atoms with Gasteiger partial charge < -0.3 is 0 Å². The predicted octanol–water partition coefficient (Wildman–Crippen LogP) is 1.73. The van der Waals surface area contributed by atoms with E-state index in [1.165, 1.54) is 22.5 Å². The van der Waals surface area contributed by atoms with Crippen LogP contribution >= 0.6 is 0 Å². The number of sulfonamides is 1. The third kappa shape index (κ3) is 3.33. The largest absolute Gasteiger partial charge is 0.228 e. The highest BCUT2D eigenvalue weighted by Gasteiger charge is 2.36. The second kappa shape index (κ2) is 6.25. The summed E-state index contributed by atoms with van der Waals surface area (Å²) in [7, 11) is -7.11. The first kappa shape index (κ1) is 17.4. The molecule has 1 atom stereocenters. The van der Waals surface area contributed by atoms with Crippen molar-refractivity contribution in [3.05, 3.63) is 35.6 Å². The Kier molecular flexibility index (Phi) is 4.93. The predicted molar refractivity (Wildman–Crippen MR) is 83.2 cm³/mol. The number of hydrogen-bond acceptors (Lipinski definition) is 4. The number of nitrogens with zero attached hydrogens (tertiary/aromatic N) is 1. The van der Waals surface area contributed by atoms with E-state index in [-0.39, 0.29) is 30.8 Å². The molecule has 0 aliphatic carbocycles. The van der Waals surface area contributed by atoms with Gasteiger partial charge in [0.1, 0.15) is 5.82 Å². The van der Waals surface area contributed by atoms with Crippen molar-refractivity contribution < 1.29 is 21.2 Å². The highest BCUT2D eigenvalue weighted by atomic mass is 32.2. The Balaban J connectivity index is 2.35. The van der Waals surface area contributed by atoms with E-state index in [1.807, 2.05) is 0 Å². The third-order valence-corrected chi connectivity index (χ3v) is 8.29. The van der Waals surface area contributed by atoms with Crippen molar-refractivity contribution in [3.63, 3.8) is 0 Å². The maximum atomic E-state index is 13.9. The SMILES string of the molecule is CC(C)S(=O)(=O)N1CCC(c2ccccc2F)S(=O)(=O)CC1. The van der Waals surface area contributed by atoms with Crippen LogP contribution in [0.2, 0.25) is 0 Å². The molecule has 1 heterocycles. The van der Waals surface area contributed by atoms with Crippen LogP contribution < -0.4 is 0 Å². The summed E-state index contributed by atoms with van der Waals surface area (Å²) in [6, 6.07) is 5.75. The first-order valence-corrected chi connectivity index (χ1v) is 10.3. The Hall–Kier alpha value is -0.990. The van der Waals surface area contributed by atoms with E-state index in [0.717, 1.165) is 0 Å². The fourth-order valence-electron chi connectivity index (χ4n) is 2.56. The van der Waals surface area contributed by atoms with Gasteiger partial charge in [-0.05, 0) is 26.3 Å². The number of benzene rings is 1. The Morgan fingerprint density at radius 1 is 1.23 bits per heavy atom. The minimum absolute atomic E-state index is 0.0647. The van der Waals surface area contributed by atoms with E-state index in [4.69, 9.17) is 0 Å². The smallest absolute Gasteiger partial charge is 0.216 e. The average molecular weight is 349 g/mol. The van der Waals surface area contributed by atoms with E-state index in [2.05, 4.69) is 0 Å². The van der Waals surface area contributed by atoms with Crippen LogP contribution in [-0.2, 0) is 19.9 Å². The normalized spacial score (nSPS) is 23.4. The number of halogens is 1. The summed E-state index contributed by atoms with van der Waals surface area (Å²) in [5, 5.41) is -1.61. The third-order valence-electron chi connectivity index (χ3n) is 3.91. The number of rotatable bonds is 3. The summed E-state index contributed by atoms with van der Waals surface area (Å²) in [5.74, 6) is -0.867. The fourth-order valence-corrected chi connectivity index (χ4v) is 5.78. The molecule has 1 aromatic rings. The zero-order valence-corrected chi connectivity index (χ0v) is 14.2. The van der Waals surface area contributed by atoms with Gasteiger partial charge in [0.05, 0.1) is 16.3 Å². The van der Waals surface area contributed by atoms with Gasteiger partial charge in [-0.1, -0.05) is 18.2 Å². The van der Waals surface area contributed by atoms with Crippen molar-refractivity contribution in [2.45, 2.75) is 30.8 Å². The molecule has 8 heteroatoms. The minimum Gasteiger partial charge on any atom is -0.228 e. The van der Waals surface area contributed by atoms with Crippen LogP contribution in [0.1, 0.15) is 31.1 Å².